The largest absolute Gasteiger partial charge is 0.459 e. The number of furan rings is 1. The summed E-state index contributed by atoms with van der Waals surface area (Å²) in [6.45, 7) is 0.674. The molecule has 0 aliphatic rings. The van der Waals surface area contributed by atoms with E-state index in [1.807, 2.05) is 13.1 Å². The Hall–Kier alpha value is -1.55. The van der Waals surface area contributed by atoms with Gasteiger partial charge in [-0.1, -0.05) is 0 Å². The van der Waals surface area contributed by atoms with Crippen LogP contribution in [0.3, 0.4) is 0 Å². The molecule has 0 aromatic carbocycles. The van der Waals surface area contributed by atoms with Crippen molar-refractivity contribution in [3.63, 3.8) is 0 Å². The Morgan fingerprint density at radius 2 is 2.46 bits per heavy atom. The summed E-state index contributed by atoms with van der Waals surface area (Å²) >= 11 is 0. The quantitative estimate of drug-likeness (QED) is 0.776. The van der Waals surface area contributed by atoms with Gasteiger partial charge in [0, 0.05) is 0 Å². The van der Waals surface area contributed by atoms with E-state index in [9.17, 15) is 0 Å². The van der Waals surface area contributed by atoms with E-state index >= 15 is 0 Å². The van der Waals surface area contributed by atoms with Crippen LogP contribution < -0.4 is 5.32 Å². The summed E-state index contributed by atoms with van der Waals surface area (Å²) < 4.78 is 10.5. The zero-order valence-corrected chi connectivity index (χ0v) is 7.28. The molecule has 1 N–H and O–H groups in total. The average Bonchev–Trinajstić information content (AvgIpc) is 2.70. The van der Waals surface area contributed by atoms with Gasteiger partial charge in [0.25, 0.3) is 5.89 Å². The van der Waals surface area contributed by atoms with Gasteiger partial charge in [0.2, 0.25) is 0 Å². The highest BCUT2D eigenvalue weighted by molar-refractivity contribution is 5.43. The lowest BCUT2D eigenvalue weighted by molar-refractivity contribution is 0.477. The normalized spacial score (nSPS) is 10.5. The topological polar surface area (TPSA) is 51.2 Å². The van der Waals surface area contributed by atoms with Crippen molar-refractivity contribution in [3.8, 4) is 11.7 Å². The summed E-state index contributed by atoms with van der Waals surface area (Å²) in [4.78, 5) is 4.08. The standard InChI is InChI=1S/C9H10N2O2/c1-10-5-7-6-11-9(13-7)8-3-2-4-12-8/h2-4,6,10H,5H2,1H3. The molecule has 0 radical (unpaired) electrons. The maximum Gasteiger partial charge on any atom is 0.263 e. The Balaban J connectivity index is 2.23. The van der Waals surface area contributed by atoms with Crippen molar-refractivity contribution in [2.45, 2.75) is 6.54 Å². The van der Waals surface area contributed by atoms with Crippen molar-refractivity contribution in [1.82, 2.24) is 10.3 Å². The molecule has 2 aromatic heterocycles. The fourth-order valence-electron chi connectivity index (χ4n) is 1.08. The molecular weight excluding hydrogens is 168 g/mol. The third-order valence-corrected chi connectivity index (χ3v) is 1.64. The van der Waals surface area contributed by atoms with E-state index in [1.54, 1.807) is 18.5 Å². The van der Waals surface area contributed by atoms with Crippen LogP contribution in [0.2, 0.25) is 0 Å². The first-order valence-electron chi connectivity index (χ1n) is 4.03. The summed E-state index contributed by atoms with van der Waals surface area (Å²) in [6.07, 6.45) is 3.28. The predicted molar refractivity (Wildman–Crippen MR) is 47.0 cm³/mol. The van der Waals surface area contributed by atoms with Gasteiger partial charge in [-0.2, -0.15) is 0 Å². The first-order chi connectivity index (χ1) is 6.40. The van der Waals surface area contributed by atoms with E-state index in [2.05, 4.69) is 10.3 Å². The zero-order chi connectivity index (χ0) is 9.10. The molecule has 68 valence electrons. The number of hydrogen-bond acceptors (Lipinski definition) is 4. The molecule has 0 spiro atoms. The summed E-state index contributed by atoms with van der Waals surface area (Å²) in [7, 11) is 1.86. The van der Waals surface area contributed by atoms with E-state index in [0.29, 0.717) is 18.2 Å². The van der Waals surface area contributed by atoms with Crippen LogP contribution in [0.5, 0.6) is 0 Å². The molecule has 0 aliphatic carbocycles. The van der Waals surface area contributed by atoms with Gasteiger partial charge in [0.1, 0.15) is 5.76 Å². The molecule has 4 nitrogen and oxygen atoms in total. The van der Waals surface area contributed by atoms with Crippen molar-refractivity contribution in [2.75, 3.05) is 7.05 Å². The predicted octanol–water partition coefficient (Wildman–Crippen LogP) is 1.65. The van der Waals surface area contributed by atoms with Gasteiger partial charge in [0.15, 0.2) is 5.76 Å². The Morgan fingerprint density at radius 1 is 1.54 bits per heavy atom. The Morgan fingerprint density at radius 3 is 3.15 bits per heavy atom. The third kappa shape index (κ3) is 1.62. The van der Waals surface area contributed by atoms with Gasteiger partial charge in [-0.25, -0.2) is 4.98 Å². The minimum Gasteiger partial charge on any atom is -0.459 e. The van der Waals surface area contributed by atoms with Crippen LogP contribution in [-0.2, 0) is 6.54 Å². The van der Waals surface area contributed by atoms with Crippen molar-refractivity contribution in [3.05, 3.63) is 30.4 Å². The molecule has 0 saturated carbocycles. The van der Waals surface area contributed by atoms with Crippen molar-refractivity contribution >= 4 is 0 Å². The van der Waals surface area contributed by atoms with Crippen LogP contribution in [0, 0.1) is 0 Å². The van der Waals surface area contributed by atoms with E-state index in [4.69, 9.17) is 8.83 Å². The highest BCUT2D eigenvalue weighted by atomic mass is 16.4. The first kappa shape index (κ1) is 8.07. The molecular formula is C9H10N2O2. The molecule has 4 heteroatoms. The second-order valence-corrected chi connectivity index (χ2v) is 2.64. The summed E-state index contributed by atoms with van der Waals surface area (Å²) in [6, 6.07) is 3.62. The lowest BCUT2D eigenvalue weighted by atomic mass is 10.4. The molecule has 0 aliphatic heterocycles. The van der Waals surface area contributed by atoms with E-state index in [0.717, 1.165) is 5.76 Å². The number of rotatable bonds is 3. The molecule has 0 fully saturated rings. The molecule has 13 heavy (non-hydrogen) atoms. The number of nitrogens with one attached hydrogen (secondary N) is 1. The number of hydrogen-bond donors (Lipinski definition) is 1. The fourth-order valence-corrected chi connectivity index (χ4v) is 1.08. The third-order valence-electron chi connectivity index (χ3n) is 1.64. The Labute approximate surface area is 75.6 Å². The van der Waals surface area contributed by atoms with Gasteiger partial charge < -0.3 is 14.2 Å². The molecule has 0 bridgehead atoms. The van der Waals surface area contributed by atoms with Gasteiger partial charge in [0.05, 0.1) is 19.0 Å². The number of oxazole rings is 1. The van der Waals surface area contributed by atoms with Crippen LogP contribution >= 0.6 is 0 Å². The van der Waals surface area contributed by atoms with E-state index < -0.39 is 0 Å². The summed E-state index contributed by atoms with van der Waals surface area (Å²) in [5.74, 6) is 1.98. The molecule has 0 saturated heterocycles. The van der Waals surface area contributed by atoms with E-state index in [1.165, 1.54) is 0 Å². The first-order valence-corrected chi connectivity index (χ1v) is 4.03. The second-order valence-electron chi connectivity index (χ2n) is 2.64. The van der Waals surface area contributed by atoms with Gasteiger partial charge in [-0.15, -0.1) is 0 Å². The second kappa shape index (κ2) is 3.45. The van der Waals surface area contributed by atoms with Crippen LogP contribution in [0.25, 0.3) is 11.7 Å². The van der Waals surface area contributed by atoms with Crippen molar-refractivity contribution in [2.24, 2.45) is 0 Å². The lowest BCUT2D eigenvalue weighted by Crippen LogP contribution is -2.03. The summed E-state index contributed by atoms with van der Waals surface area (Å²) in [5.41, 5.74) is 0. The van der Waals surface area contributed by atoms with Crippen molar-refractivity contribution in [1.29, 1.82) is 0 Å². The lowest BCUT2D eigenvalue weighted by Gasteiger charge is -1.90. The van der Waals surface area contributed by atoms with Crippen LogP contribution in [0.15, 0.2) is 33.4 Å². The van der Waals surface area contributed by atoms with Crippen LogP contribution in [0.4, 0.5) is 0 Å². The van der Waals surface area contributed by atoms with Crippen molar-refractivity contribution < 1.29 is 8.83 Å². The maximum absolute atomic E-state index is 5.40. The molecule has 2 aromatic rings. The van der Waals surface area contributed by atoms with Gasteiger partial charge >= 0.3 is 0 Å². The maximum atomic E-state index is 5.40. The van der Waals surface area contributed by atoms with E-state index in [-0.39, 0.29) is 0 Å². The minimum absolute atomic E-state index is 0.523. The van der Waals surface area contributed by atoms with Crippen LogP contribution in [-0.4, -0.2) is 12.0 Å². The highest BCUT2D eigenvalue weighted by Crippen LogP contribution is 2.18. The van der Waals surface area contributed by atoms with Crippen LogP contribution in [0.1, 0.15) is 5.76 Å². The number of aromatic nitrogens is 1. The fraction of sp³-hybridized carbons (Fsp3) is 0.222. The molecule has 2 heterocycles. The smallest absolute Gasteiger partial charge is 0.263 e. The highest BCUT2D eigenvalue weighted by Gasteiger charge is 2.07. The molecule has 0 unspecified atom stereocenters. The van der Waals surface area contributed by atoms with Gasteiger partial charge in [-0.3, -0.25) is 0 Å². The monoisotopic (exact) mass is 178 g/mol. The van der Waals surface area contributed by atoms with Gasteiger partial charge in [-0.05, 0) is 19.2 Å². The SMILES string of the molecule is CNCc1cnc(-c2ccco2)o1. The minimum atomic E-state index is 0.523. The molecule has 0 amide bonds. The Bertz CT molecular complexity index is 365. The zero-order valence-electron chi connectivity index (χ0n) is 7.28. The average molecular weight is 178 g/mol. The molecule has 2 rings (SSSR count). The molecule has 0 atom stereocenters. The number of nitrogens with zero attached hydrogens (tertiary/aromatic N) is 1. The Kier molecular flexibility index (Phi) is 2.14. The summed E-state index contributed by atoms with van der Waals surface area (Å²) in [5, 5.41) is 2.98.